The molecule has 0 unspecified atom stereocenters. The molecule has 1 aliphatic rings. The Balaban J connectivity index is 2.59. The second-order valence-corrected chi connectivity index (χ2v) is 3.30. The van der Waals surface area contributed by atoms with Gasteiger partial charge in [-0.1, -0.05) is 6.58 Å². The van der Waals surface area contributed by atoms with Crippen LogP contribution in [0.5, 0.6) is 0 Å². The van der Waals surface area contributed by atoms with Crippen LogP contribution in [-0.2, 0) is 0 Å². The molecule has 1 aromatic heterocycles. The third-order valence-electron chi connectivity index (χ3n) is 2.07. The zero-order chi connectivity index (χ0) is 9.59. The fourth-order valence-electron chi connectivity index (χ4n) is 1.16. The van der Waals surface area contributed by atoms with Gasteiger partial charge in [-0.2, -0.15) is 8.75 Å². The zero-order valence-corrected chi connectivity index (χ0v) is 8.13. The van der Waals surface area contributed by atoms with E-state index >= 15 is 0 Å². The molecule has 1 aliphatic heterocycles. The minimum Gasteiger partial charge on any atom is -0.313 e. The van der Waals surface area contributed by atoms with Gasteiger partial charge in [0.25, 0.3) is 5.91 Å². The van der Waals surface area contributed by atoms with Crippen LogP contribution in [0, 0.1) is 0 Å². The van der Waals surface area contributed by atoms with E-state index in [4.69, 9.17) is 0 Å². The quantitative estimate of drug-likeness (QED) is 0.607. The van der Waals surface area contributed by atoms with Crippen molar-refractivity contribution in [3.8, 4) is 0 Å². The first-order chi connectivity index (χ1) is 6.13. The lowest BCUT2D eigenvalue weighted by Gasteiger charge is -2.31. The second-order valence-electron chi connectivity index (χ2n) is 2.78. The van der Waals surface area contributed by atoms with Crippen LogP contribution in [0.1, 0.15) is 10.5 Å². The number of amides is 1. The van der Waals surface area contributed by atoms with Crippen molar-refractivity contribution in [2.24, 2.45) is 0 Å². The molecule has 0 bridgehead atoms. The van der Waals surface area contributed by atoms with Gasteiger partial charge in [0.2, 0.25) is 0 Å². The van der Waals surface area contributed by atoms with E-state index in [0.717, 1.165) is 11.7 Å². The number of rotatable bonds is 0. The van der Waals surface area contributed by atoms with Crippen LogP contribution in [0.4, 0.5) is 5.82 Å². The lowest BCUT2D eigenvalue weighted by Crippen LogP contribution is -2.40. The Bertz CT molecular complexity index is 386. The number of nitrogens with zero attached hydrogens (tertiary/aromatic N) is 4. The molecule has 0 fully saturated rings. The predicted octanol–water partition coefficient (Wildman–Crippen LogP) is 0.531. The molecule has 5 nitrogen and oxygen atoms in total. The van der Waals surface area contributed by atoms with Gasteiger partial charge in [-0.3, -0.25) is 9.69 Å². The molecule has 68 valence electrons. The first-order valence-electron chi connectivity index (χ1n) is 3.66. The van der Waals surface area contributed by atoms with Crippen molar-refractivity contribution >= 4 is 23.5 Å². The van der Waals surface area contributed by atoms with Crippen molar-refractivity contribution in [1.82, 2.24) is 13.6 Å². The van der Waals surface area contributed by atoms with E-state index in [0.29, 0.717) is 17.3 Å². The van der Waals surface area contributed by atoms with Crippen LogP contribution in [0.2, 0.25) is 0 Å². The van der Waals surface area contributed by atoms with Crippen molar-refractivity contribution in [2.75, 3.05) is 19.0 Å². The van der Waals surface area contributed by atoms with Gasteiger partial charge in [-0.05, 0) is 0 Å². The van der Waals surface area contributed by atoms with Gasteiger partial charge >= 0.3 is 0 Å². The Morgan fingerprint density at radius 2 is 2.00 bits per heavy atom. The number of hydrogen-bond donors (Lipinski definition) is 0. The minimum atomic E-state index is -0.146. The molecule has 0 spiro atoms. The van der Waals surface area contributed by atoms with Gasteiger partial charge in [0.05, 0.1) is 11.7 Å². The summed E-state index contributed by atoms with van der Waals surface area (Å²) in [7, 11) is 3.48. The van der Waals surface area contributed by atoms with Crippen LogP contribution in [-0.4, -0.2) is 33.6 Å². The van der Waals surface area contributed by atoms with E-state index in [2.05, 4.69) is 15.3 Å². The molecule has 0 aromatic carbocycles. The molecule has 6 heteroatoms. The van der Waals surface area contributed by atoms with Crippen LogP contribution >= 0.6 is 11.7 Å². The summed E-state index contributed by atoms with van der Waals surface area (Å²) in [4.78, 5) is 14.8. The minimum absolute atomic E-state index is 0.146. The molecular weight excluding hydrogens is 188 g/mol. The molecule has 1 aromatic rings. The Kier molecular flexibility index (Phi) is 1.59. The van der Waals surface area contributed by atoms with Gasteiger partial charge in [0.1, 0.15) is 5.82 Å². The molecule has 0 aliphatic carbocycles. The van der Waals surface area contributed by atoms with E-state index in [1.165, 1.54) is 4.90 Å². The van der Waals surface area contributed by atoms with E-state index in [9.17, 15) is 4.79 Å². The summed E-state index contributed by atoms with van der Waals surface area (Å²) in [5.41, 5.74) is 0.405. The lowest BCUT2D eigenvalue weighted by atomic mass is 10.3. The van der Waals surface area contributed by atoms with Crippen LogP contribution < -0.4 is 4.90 Å². The molecule has 0 saturated carbocycles. The van der Waals surface area contributed by atoms with Crippen molar-refractivity contribution in [3.05, 3.63) is 18.1 Å². The molecule has 0 N–H and O–H groups in total. The number of fused-ring (bicyclic) bond motifs is 1. The van der Waals surface area contributed by atoms with Gasteiger partial charge in [0, 0.05) is 14.1 Å². The predicted molar refractivity (Wildman–Crippen MR) is 49.5 cm³/mol. The highest BCUT2D eigenvalue weighted by Gasteiger charge is 2.31. The first-order valence-corrected chi connectivity index (χ1v) is 4.39. The summed E-state index contributed by atoms with van der Waals surface area (Å²) in [6.45, 7) is 3.77. The Morgan fingerprint density at radius 1 is 1.31 bits per heavy atom. The SMILES string of the molecule is C=C1N(C)C(=O)c2nsnc2N1C. The third kappa shape index (κ3) is 0.951. The normalized spacial score (nSPS) is 16.5. The maximum atomic E-state index is 11.6. The molecule has 13 heavy (non-hydrogen) atoms. The second kappa shape index (κ2) is 2.53. The van der Waals surface area contributed by atoms with Crippen LogP contribution in [0.15, 0.2) is 12.4 Å². The largest absolute Gasteiger partial charge is 0.313 e. The van der Waals surface area contributed by atoms with Crippen molar-refractivity contribution in [2.45, 2.75) is 0 Å². The molecule has 0 radical (unpaired) electrons. The highest BCUT2D eigenvalue weighted by molar-refractivity contribution is 6.99. The highest BCUT2D eigenvalue weighted by Crippen LogP contribution is 2.27. The molecule has 2 heterocycles. The van der Waals surface area contributed by atoms with Crippen molar-refractivity contribution in [3.63, 3.8) is 0 Å². The summed E-state index contributed by atoms with van der Waals surface area (Å²) < 4.78 is 7.95. The monoisotopic (exact) mass is 196 g/mol. The molecule has 2 rings (SSSR count). The zero-order valence-electron chi connectivity index (χ0n) is 7.31. The maximum absolute atomic E-state index is 11.6. The van der Waals surface area contributed by atoms with Gasteiger partial charge in [0.15, 0.2) is 11.5 Å². The summed E-state index contributed by atoms with van der Waals surface area (Å²) in [5, 5.41) is 0. The smallest absolute Gasteiger partial charge is 0.282 e. The summed E-state index contributed by atoms with van der Waals surface area (Å²) in [6.07, 6.45) is 0. The highest BCUT2D eigenvalue weighted by atomic mass is 32.1. The lowest BCUT2D eigenvalue weighted by molar-refractivity contribution is 0.0821. The van der Waals surface area contributed by atoms with Crippen molar-refractivity contribution < 1.29 is 4.79 Å². The third-order valence-corrected chi connectivity index (χ3v) is 2.59. The fraction of sp³-hybridized carbons (Fsp3) is 0.286. The number of anilines is 1. The van der Waals surface area contributed by atoms with Crippen LogP contribution in [0.3, 0.4) is 0 Å². The van der Waals surface area contributed by atoms with Crippen molar-refractivity contribution in [1.29, 1.82) is 0 Å². The Hall–Kier alpha value is -1.43. The number of hydrogen-bond acceptors (Lipinski definition) is 5. The molecule has 0 atom stereocenters. The Morgan fingerprint density at radius 3 is 2.69 bits per heavy atom. The average molecular weight is 196 g/mol. The summed E-state index contributed by atoms with van der Waals surface area (Å²) in [5.74, 6) is 1.06. The van der Waals surface area contributed by atoms with E-state index in [1.807, 2.05) is 7.05 Å². The van der Waals surface area contributed by atoms with E-state index in [-0.39, 0.29) is 5.91 Å². The summed E-state index contributed by atoms with van der Waals surface area (Å²) >= 11 is 1.04. The Labute approximate surface area is 79.6 Å². The molecule has 0 saturated heterocycles. The molecular formula is C7H8N4OS. The standard InChI is InChI=1S/C7H8N4OS/c1-4-10(2)6-5(8-13-9-6)7(12)11(4)3/h1H2,2-3H3. The number of carbonyl (C=O) groups excluding carboxylic acids is 1. The maximum Gasteiger partial charge on any atom is 0.282 e. The molecule has 1 amide bonds. The van der Waals surface area contributed by atoms with E-state index in [1.54, 1.807) is 11.9 Å². The van der Waals surface area contributed by atoms with Gasteiger partial charge in [-0.15, -0.1) is 0 Å². The van der Waals surface area contributed by atoms with Crippen LogP contribution in [0.25, 0.3) is 0 Å². The summed E-state index contributed by atoms with van der Waals surface area (Å²) in [6, 6.07) is 0. The topological polar surface area (TPSA) is 49.3 Å². The number of carbonyl (C=O) groups is 1. The number of aromatic nitrogens is 2. The van der Waals surface area contributed by atoms with E-state index < -0.39 is 0 Å². The van der Waals surface area contributed by atoms with Gasteiger partial charge in [-0.25, -0.2) is 0 Å². The fourth-order valence-corrected chi connectivity index (χ4v) is 1.73. The first kappa shape index (κ1) is 8.18. The van der Waals surface area contributed by atoms with Gasteiger partial charge < -0.3 is 4.90 Å². The average Bonchev–Trinajstić information content (AvgIpc) is 2.59.